The number of halogens is 1. The third-order valence-electron chi connectivity index (χ3n) is 3.32. The molecule has 4 nitrogen and oxygen atoms in total. The molecule has 1 fully saturated rings. The van der Waals surface area contributed by atoms with Crippen molar-refractivity contribution >= 4 is 5.91 Å². The second kappa shape index (κ2) is 7.36. The molecule has 0 spiro atoms. The molecule has 0 heterocycles. The third-order valence-corrected chi connectivity index (χ3v) is 3.32. The summed E-state index contributed by atoms with van der Waals surface area (Å²) in [5, 5.41) is 5.95. The lowest BCUT2D eigenvalue weighted by atomic mass is 10.1. The quantitative estimate of drug-likeness (QED) is 0.760. The predicted molar refractivity (Wildman–Crippen MR) is 74.6 cm³/mol. The zero-order valence-corrected chi connectivity index (χ0v) is 11.7. The molecular weight excluding hydrogens is 259 g/mol. The summed E-state index contributed by atoms with van der Waals surface area (Å²) >= 11 is 0. The van der Waals surface area contributed by atoms with Gasteiger partial charge in [-0.3, -0.25) is 4.79 Å². The predicted octanol–water partition coefficient (Wildman–Crippen LogP) is 1.59. The molecule has 1 saturated carbocycles. The summed E-state index contributed by atoms with van der Waals surface area (Å²) in [6, 6.07) is 4.80. The van der Waals surface area contributed by atoms with Gasteiger partial charge in [-0.2, -0.15) is 0 Å². The van der Waals surface area contributed by atoms with Crippen molar-refractivity contribution in [3.05, 3.63) is 35.1 Å². The Kier molecular flexibility index (Phi) is 5.49. The molecule has 0 saturated heterocycles. The molecule has 1 aliphatic rings. The van der Waals surface area contributed by atoms with E-state index in [4.69, 9.17) is 4.74 Å². The summed E-state index contributed by atoms with van der Waals surface area (Å²) in [5.74, 6) is 0.438. The van der Waals surface area contributed by atoms with Crippen LogP contribution >= 0.6 is 0 Å². The van der Waals surface area contributed by atoms with Crippen molar-refractivity contribution in [1.82, 2.24) is 10.6 Å². The highest BCUT2D eigenvalue weighted by Crippen LogP contribution is 2.27. The number of rotatable bonds is 8. The van der Waals surface area contributed by atoms with Gasteiger partial charge in [0.1, 0.15) is 5.82 Å². The van der Waals surface area contributed by atoms with Crippen LogP contribution in [0.5, 0.6) is 0 Å². The van der Waals surface area contributed by atoms with E-state index in [2.05, 4.69) is 10.6 Å². The fraction of sp³-hybridized carbons (Fsp3) is 0.533. The molecule has 2 rings (SSSR count). The first kappa shape index (κ1) is 14.9. The van der Waals surface area contributed by atoms with Crippen LogP contribution in [0.3, 0.4) is 0 Å². The Hall–Kier alpha value is -1.46. The Morgan fingerprint density at radius 2 is 2.25 bits per heavy atom. The SMILES string of the molecule is COCc1cc(CNC(=O)CNCC2CC2)ccc1F. The number of carbonyl (C=O) groups excluding carboxylic acids is 1. The highest BCUT2D eigenvalue weighted by atomic mass is 19.1. The number of methoxy groups -OCH3 is 1. The summed E-state index contributed by atoms with van der Waals surface area (Å²) in [6.45, 7) is 1.89. The lowest BCUT2D eigenvalue weighted by Crippen LogP contribution is -2.34. The molecule has 110 valence electrons. The van der Waals surface area contributed by atoms with Crippen LogP contribution in [0.15, 0.2) is 18.2 Å². The van der Waals surface area contributed by atoms with Crippen molar-refractivity contribution in [1.29, 1.82) is 0 Å². The molecular formula is C15H21FN2O2. The van der Waals surface area contributed by atoms with Crippen LogP contribution in [-0.2, 0) is 22.7 Å². The van der Waals surface area contributed by atoms with Gasteiger partial charge in [-0.1, -0.05) is 6.07 Å². The molecule has 5 heteroatoms. The van der Waals surface area contributed by atoms with Crippen LogP contribution in [-0.4, -0.2) is 26.1 Å². The fourth-order valence-electron chi connectivity index (χ4n) is 1.98. The topological polar surface area (TPSA) is 50.4 Å². The minimum Gasteiger partial charge on any atom is -0.380 e. The molecule has 1 aromatic rings. The van der Waals surface area contributed by atoms with E-state index in [9.17, 15) is 9.18 Å². The van der Waals surface area contributed by atoms with E-state index in [0.29, 0.717) is 18.7 Å². The van der Waals surface area contributed by atoms with Gasteiger partial charge in [0.05, 0.1) is 13.2 Å². The lowest BCUT2D eigenvalue weighted by Gasteiger charge is -2.08. The maximum absolute atomic E-state index is 13.4. The van der Waals surface area contributed by atoms with Gasteiger partial charge >= 0.3 is 0 Å². The van der Waals surface area contributed by atoms with Crippen LogP contribution in [0, 0.1) is 11.7 Å². The van der Waals surface area contributed by atoms with E-state index in [-0.39, 0.29) is 18.3 Å². The molecule has 1 aliphatic carbocycles. The first-order chi connectivity index (χ1) is 9.69. The van der Waals surface area contributed by atoms with E-state index in [0.717, 1.165) is 18.0 Å². The molecule has 2 N–H and O–H groups in total. The van der Waals surface area contributed by atoms with Crippen molar-refractivity contribution in [2.24, 2.45) is 5.92 Å². The largest absolute Gasteiger partial charge is 0.380 e. The number of carbonyl (C=O) groups is 1. The van der Waals surface area contributed by atoms with Gasteiger partial charge in [-0.25, -0.2) is 4.39 Å². The van der Waals surface area contributed by atoms with E-state index < -0.39 is 0 Å². The summed E-state index contributed by atoms with van der Waals surface area (Å²) in [4.78, 5) is 11.6. The van der Waals surface area contributed by atoms with Crippen molar-refractivity contribution in [2.75, 3.05) is 20.2 Å². The summed E-state index contributed by atoms with van der Waals surface area (Å²) in [5.41, 5.74) is 1.38. The van der Waals surface area contributed by atoms with Gasteiger partial charge in [0.15, 0.2) is 0 Å². The van der Waals surface area contributed by atoms with Gasteiger partial charge in [0.2, 0.25) is 5.91 Å². The molecule has 0 atom stereocenters. The number of nitrogens with one attached hydrogen (secondary N) is 2. The monoisotopic (exact) mass is 280 g/mol. The Morgan fingerprint density at radius 3 is 2.95 bits per heavy atom. The molecule has 0 radical (unpaired) electrons. The summed E-state index contributed by atoms with van der Waals surface area (Å²) < 4.78 is 18.4. The average molecular weight is 280 g/mol. The van der Waals surface area contributed by atoms with Gasteiger partial charge in [0.25, 0.3) is 0 Å². The Balaban J connectivity index is 1.74. The maximum atomic E-state index is 13.4. The molecule has 1 amide bonds. The van der Waals surface area contributed by atoms with E-state index in [1.54, 1.807) is 12.1 Å². The normalized spacial score (nSPS) is 14.3. The Morgan fingerprint density at radius 1 is 1.45 bits per heavy atom. The number of ether oxygens (including phenoxy) is 1. The van der Waals surface area contributed by atoms with Crippen LogP contribution in [0.1, 0.15) is 24.0 Å². The molecule has 0 unspecified atom stereocenters. The van der Waals surface area contributed by atoms with Gasteiger partial charge < -0.3 is 15.4 Å². The van der Waals surface area contributed by atoms with Crippen LogP contribution in [0.2, 0.25) is 0 Å². The van der Waals surface area contributed by atoms with E-state index in [1.165, 1.54) is 26.0 Å². The number of hydrogen-bond acceptors (Lipinski definition) is 3. The first-order valence-corrected chi connectivity index (χ1v) is 6.92. The Labute approximate surface area is 118 Å². The number of benzene rings is 1. The van der Waals surface area contributed by atoms with Crippen molar-refractivity contribution in [3.8, 4) is 0 Å². The highest BCUT2D eigenvalue weighted by Gasteiger charge is 2.20. The molecule has 0 bridgehead atoms. The summed E-state index contributed by atoms with van der Waals surface area (Å²) in [6.07, 6.45) is 2.54. The molecule has 20 heavy (non-hydrogen) atoms. The van der Waals surface area contributed by atoms with Crippen molar-refractivity contribution < 1.29 is 13.9 Å². The molecule has 1 aromatic carbocycles. The van der Waals surface area contributed by atoms with Gasteiger partial charge in [-0.05, 0) is 43.0 Å². The smallest absolute Gasteiger partial charge is 0.234 e. The second-order valence-corrected chi connectivity index (χ2v) is 5.21. The number of hydrogen-bond donors (Lipinski definition) is 2. The van der Waals surface area contributed by atoms with Crippen LogP contribution < -0.4 is 10.6 Å². The standard InChI is InChI=1S/C15H21FN2O2/c1-20-10-13-6-12(4-5-14(13)16)8-18-15(19)9-17-7-11-2-3-11/h4-6,11,17H,2-3,7-10H2,1H3,(H,18,19). The minimum atomic E-state index is -0.284. The van der Waals surface area contributed by atoms with Crippen molar-refractivity contribution in [3.63, 3.8) is 0 Å². The maximum Gasteiger partial charge on any atom is 0.234 e. The van der Waals surface area contributed by atoms with Gasteiger partial charge in [0, 0.05) is 19.2 Å². The van der Waals surface area contributed by atoms with Crippen LogP contribution in [0.25, 0.3) is 0 Å². The van der Waals surface area contributed by atoms with Crippen molar-refractivity contribution in [2.45, 2.75) is 26.0 Å². The summed E-state index contributed by atoms with van der Waals surface area (Å²) in [7, 11) is 1.53. The number of amides is 1. The molecule has 0 aromatic heterocycles. The zero-order chi connectivity index (χ0) is 14.4. The minimum absolute atomic E-state index is 0.0386. The zero-order valence-electron chi connectivity index (χ0n) is 11.7. The third kappa shape index (κ3) is 4.90. The van der Waals surface area contributed by atoms with Gasteiger partial charge in [-0.15, -0.1) is 0 Å². The van der Waals surface area contributed by atoms with E-state index >= 15 is 0 Å². The lowest BCUT2D eigenvalue weighted by molar-refractivity contribution is -0.120. The fourth-order valence-corrected chi connectivity index (χ4v) is 1.98. The average Bonchev–Trinajstić information content (AvgIpc) is 3.24. The second-order valence-electron chi connectivity index (χ2n) is 5.21. The first-order valence-electron chi connectivity index (χ1n) is 6.92. The molecule has 0 aliphatic heterocycles. The highest BCUT2D eigenvalue weighted by molar-refractivity contribution is 5.77. The van der Waals surface area contributed by atoms with Crippen LogP contribution in [0.4, 0.5) is 4.39 Å². The van der Waals surface area contributed by atoms with E-state index in [1.807, 2.05) is 0 Å². The Bertz CT molecular complexity index is 461.